The largest absolute Gasteiger partial charge is 0.495 e. The smallest absolute Gasteiger partial charge is 0.262 e. The van der Waals surface area contributed by atoms with Gasteiger partial charge >= 0.3 is 0 Å². The second-order valence-corrected chi connectivity index (χ2v) is 7.21. The molecule has 0 fully saturated rings. The molecule has 4 rings (SSSR count). The SMILES string of the molecule is COc1ccc(-c2nn3c(C)nnc3s2)cc1NC(=O)COc1ccccc1OC. The number of anilines is 1. The number of carbonyl (C=O) groups excluding carboxylic acids is 1. The summed E-state index contributed by atoms with van der Waals surface area (Å²) < 4.78 is 17.9. The molecule has 0 aliphatic rings. The van der Waals surface area contributed by atoms with Crippen LogP contribution in [-0.2, 0) is 4.79 Å². The van der Waals surface area contributed by atoms with Gasteiger partial charge in [0.05, 0.1) is 19.9 Å². The van der Waals surface area contributed by atoms with Gasteiger partial charge in [0.15, 0.2) is 23.9 Å². The standard InChI is InChI=1S/C20H19N5O4S/c1-12-22-23-20-25(12)24-19(30-20)13-8-9-15(27-2)14(10-13)21-18(26)11-29-17-7-5-4-6-16(17)28-3/h4-10H,11H2,1-3H3,(H,21,26). The fourth-order valence-corrected chi connectivity index (χ4v) is 3.72. The molecule has 0 atom stereocenters. The summed E-state index contributed by atoms with van der Waals surface area (Å²) in [5, 5.41) is 16.2. The number of ether oxygens (including phenoxy) is 3. The molecule has 4 aromatic rings. The van der Waals surface area contributed by atoms with Gasteiger partial charge in [-0.2, -0.15) is 9.61 Å². The van der Waals surface area contributed by atoms with Gasteiger partial charge in [0.2, 0.25) is 4.96 Å². The number of rotatable bonds is 7. The highest BCUT2D eigenvalue weighted by atomic mass is 32.1. The van der Waals surface area contributed by atoms with Crippen LogP contribution in [0.4, 0.5) is 5.69 Å². The minimum absolute atomic E-state index is 0.177. The van der Waals surface area contributed by atoms with Crippen LogP contribution in [0.2, 0.25) is 0 Å². The van der Waals surface area contributed by atoms with Gasteiger partial charge in [-0.25, -0.2) is 0 Å². The Bertz CT molecular complexity index is 1200. The maximum Gasteiger partial charge on any atom is 0.262 e. The molecule has 0 saturated heterocycles. The molecular weight excluding hydrogens is 406 g/mol. The molecule has 0 aliphatic heterocycles. The van der Waals surface area contributed by atoms with Crippen molar-refractivity contribution in [2.45, 2.75) is 6.92 Å². The summed E-state index contributed by atoms with van der Waals surface area (Å²) in [6.07, 6.45) is 0. The van der Waals surface area contributed by atoms with Crippen molar-refractivity contribution in [1.82, 2.24) is 19.8 Å². The second-order valence-electron chi connectivity index (χ2n) is 6.25. The third kappa shape index (κ3) is 3.90. The van der Waals surface area contributed by atoms with Crippen LogP contribution in [-0.4, -0.2) is 46.5 Å². The maximum absolute atomic E-state index is 12.5. The third-order valence-electron chi connectivity index (χ3n) is 4.30. The highest BCUT2D eigenvalue weighted by Gasteiger charge is 2.15. The maximum atomic E-state index is 12.5. The van der Waals surface area contributed by atoms with E-state index in [1.807, 2.05) is 25.1 Å². The molecular formula is C20H19N5O4S. The molecule has 1 N–H and O–H groups in total. The van der Waals surface area contributed by atoms with E-state index in [4.69, 9.17) is 14.2 Å². The van der Waals surface area contributed by atoms with Crippen molar-refractivity contribution in [3.05, 3.63) is 48.3 Å². The van der Waals surface area contributed by atoms with E-state index in [2.05, 4.69) is 20.6 Å². The summed E-state index contributed by atoms with van der Waals surface area (Å²) in [7, 11) is 3.09. The van der Waals surface area contributed by atoms with Crippen molar-refractivity contribution in [1.29, 1.82) is 0 Å². The highest BCUT2D eigenvalue weighted by molar-refractivity contribution is 7.19. The van der Waals surface area contributed by atoms with Crippen molar-refractivity contribution in [2.24, 2.45) is 0 Å². The first-order valence-corrected chi connectivity index (χ1v) is 9.83. The average Bonchev–Trinajstić information content (AvgIpc) is 3.34. The quantitative estimate of drug-likeness (QED) is 0.485. The lowest BCUT2D eigenvalue weighted by atomic mass is 10.2. The molecule has 0 bridgehead atoms. The first-order valence-electron chi connectivity index (χ1n) is 9.02. The third-order valence-corrected chi connectivity index (χ3v) is 5.24. The molecule has 0 saturated carbocycles. The Balaban J connectivity index is 1.52. The van der Waals surface area contributed by atoms with Crippen LogP contribution >= 0.6 is 11.3 Å². The zero-order valence-electron chi connectivity index (χ0n) is 16.6. The predicted octanol–water partition coefficient (Wildman–Crippen LogP) is 3.20. The molecule has 1 amide bonds. The number of carbonyl (C=O) groups is 1. The normalized spacial score (nSPS) is 10.8. The summed E-state index contributed by atoms with van der Waals surface area (Å²) in [6, 6.07) is 12.6. The number of hydrogen-bond acceptors (Lipinski definition) is 8. The summed E-state index contributed by atoms with van der Waals surface area (Å²) >= 11 is 1.41. The molecule has 0 spiro atoms. The van der Waals surface area contributed by atoms with Gasteiger partial charge < -0.3 is 19.5 Å². The van der Waals surface area contributed by atoms with Crippen LogP contribution in [0.3, 0.4) is 0 Å². The number of aryl methyl sites for hydroxylation is 1. The number of para-hydroxylation sites is 2. The van der Waals surface area contributed by atoms with Gasteiger partial charge in [-0.3, -0.25) is 4.79 Å². The zero-order chi connectivity index (χ0) is 21.1. The summed E-state index contributed by atoms with van der Waals surface area (Å²) in [5.41, 5.74) is 1.35. The summed E-state index contributed by atoms with van der Waals surface area (Å²) in [6.45, 7) is 1.66. The van der Waals surface area contributed by atoms with Crippen LogP contribution in [0.1, 0.15) is 5.82 Å². The molecule has 0 radical (unpaired) electrons. The van der Waals surface area contributed by atoms with Gasteiger partial charge in [-0.05, 0) is 37.3 Å². The fourth-order valence-electron chi connectivity index (χ4n) is 2.84. The lowest BCUT2D eigenvalue weighted by molar-refractivity contribution is -0.118. The lowest BCUT2D eigenvalue weighted by Crippen LogP contribution is -2.20. The Morgan fingerprint density at radius 1 is 1.07 bits per heavy atom. The Hall–Kier alpha value is -3.66. The van der Waals surface area contributed by atoms with E-state index in [9.17, 15) is 4.79 Å². The number of fused-ring (bicyclic) bond motifs is 1. The monoisotopic (exact) mass is 425 g/mol. The number of nitrogens with one attached hydrogen (secondary N) is 1. The molecule has 2 aromatic heterocycles. The second kappa shape index (κ2) is 8.37. The van der Waals surface area contributed by atoms with Crippen LogP contribution in [0, 0.1) is 6.92 Å². The molecule has 30 heavy (non-hydrogen) atoms. The molecule has 2 heterocycles. The number of amides is 1. The number of methoxy groups -OCH3 is 2. The Kier molecular flexibility index (Phi) is 5.48. The first-order chi connectivity index (χ1) is 14.6. The van der Waals surface area contributed by atoms with Crippen molar-refractivity contribution in [3.63, 3.8) is 0 Å². The number of benzene rings is 2. The minimum atomic E-state index is -0.328. The van der Waals surface area contributed by atoms with Crippen molar-refractivity contribution in [3.8, 4) is 27.8 Å². The summed E-state index contributed by atoms with van der Waals surface area (Å²) in [4.78, 5) is 13.2. The Morgan fingerprint density at radius 2 is 1.83 bits per heavy atom. The fraction of sp³-hybridized carbons (Fsp3) is 0.200. The zero-order valence-corrected chi connectivity index (χ0v) is 17.4. The van der Waals surface area contributed by atoms with Crippen LogP contribution in [0.25, 0.3) is 15.5 Å². The van der Waals surface area contributed by atoms with Crippen molar-refractivity contribution < 1.29 is 19.0 Å². The number of hydrogen-bond donors (Lipinski definition) is 1. The van der Waals surface area contributed by atoms with Gasteiger partial charge in [0, 0.05) is 5.56 Å². The molecule has 9 nitrogen and oxygen atoms in total. The van der Waals surface area contributed by atoms with Gasteiger partial charge in [0.25, 0.3) is 5.91 Å². The van der Waals surface area contributed by atoms with E-state index in [-0.39, 0.29) is 12.5 Å². The minimum Gasteiger partial charge on any atom is -0.495 e. The number of aromatic nitrogens is 4. The molecule has 2 aromatic carbocycles. The van der Waals surface area contributed by atoms with Gasteiger partial charge in [0.1, 0.15) is 10.8 Å². The Labute approximate surface area is 176 Å². The molecule has 10 heteroatoms. The van der Waals surface area contributed by atoms with Crippen molar-refractivity contribution in [2.75, 3.05) is 26.1 Å². The van der Waals surface area contributed by atoms with E-state index in [1.165, 1.54) is 11.3 Å². The van der Waals surface area contributed by atoms with E-state index >= 15 is 0 Å². The van der Waals surface area contributed by atoms with E-state index in [0.717, 1.165) is 10.6 Å². The van der Waals surface area contributed by atoms with Crippen LogP contribution in [0.15, 0.2) is 42.5 Å². The van der Waals surface area contributed by atoms with E-state index < -0.39 is 0 Å². The topological polar surface area (TPSA) is 99.9 Å². The van der Waals surface area contributed by atoms with E-state index in [1.54, 1.807) is 43.0 Å². The van der Waals surface area contributed by atoms with Crippen molar-refractivity contribution >= 4 is 27.9 Å². The highest BCUT2D eigenvalue weighted by Crippen LogP contribution is 2.33. The van der Waals surface area contributed by atoms with Gasteiger partial charge in [-0.1, -0.05) is 23.5 Å². The molecule has 0 aliphatic carbocycles. The predicted molar refractivity (Wildman–Crippen MR) is 113 cm³/mol. The van der Waals surface area contributed by atoms with Gasteiger partial charge in [-0.15, -0.1) is 10.2 Å². The average molecular weight is 425 g/mol. The van der Waals surface area contributed by atoms with E-state index in [0.29, 0.717) is 33.7 Å². The first kappa shape index (κ1) is 19.6. The Morgan fingerprint density at radius 3 is 2.57 bits per heavy atom. The van der Waals surface area contributed by atoms with Crippen LogP contribution in [0.5, 0.6) is 17.2 Å². The number of nitrogens with zero attached hydrogens (tertiary/aromatic N) is 4. The summed E-state index contributed by atoms with van der Waals surface area (Å²) in [5.74, 6) is 1.96. The molecule has 0 unspecified atom stereocenters. The lowest BCUT2D eigenvalue weighted by Gasteiger charge is -2.13. The van der Waals surface area contributed by atoms with Crippen LogP contribution < -0.4 is 19.5 Å². The molecule has 154 valence electrons.